The van der Waals surface area contributed by atoms with Crippen LogP contribution in [0.25, 0.3) is 0 Å². The molecule has 1 heterocycles. The van der Waals surface area contributed by atoms with Crippen molar-refractivity contribution in [2.45, 2.75) is 26.7 Å². The van der Waals surface area contributed by atoms with Crippen molar-refractivity contribution in [1.82, 2.24) is 15.7 Å². The molecular formula is C13H18N4O2. The molecule has 0 aliphatic heterocycles. The van der Waals surface area contributed by atoms with E-state index in [0.29, 0.717) is 17.8 Å². The maximum absolute atomic E-state index is 11.6. The predicted octanol–water partition coefficient (Wildman–Crippen LogP) is 1.10. The second-order valence-electron chi connectivity index (χ2n) is 4.06. The van der Waals surface area contributed by atoms with Gasteiger partial charge in [0, 0.05) is 24.7 Å². The van der Waals surface area contributed by atoms with Gasteiger partial charge < -0.3 is 5.32 Å². The van der Waals surface area contributed by atoms with Gasteiger partial charge in [-0.25, -0.2) is 5.43 Å². The lowest BCUT2D eigenvalue weighted by atomic mass is 10.3. The summed E-state index contributed by atoms with van der Waals surface area (Å²) < 4.78 is 0. The molecule has 1 aromatic rings. The third kappa shape index (κ3) is 5.76. The minimum absolute atomic E-state index is 0.0984. The van der Waals surface area contributed by atoms with Crippen molar-refractivity contribution in [1.29, 1.82) is 0 Å². The number of hydrogen-bond acceptors (Lipinski definition) is 4. The Hall–Kier alpha value is -2.24. The maximum atomic E-state index is 11.6. The Morgan fingerprint density at radius 2 is 2.21 bits per heavy atom. The van der Waals surface area contributed by atoms with Crippen LogP contribution >= 0.6 is 0 Å². The first-order valence-corrected chi connectivity index (χ1v) is 6.13. The van der Waals surface area contributed by atoms with Crippen molar-refractivity contribution in [2.24, 2.45) is 5.10 Å². The van der Waals surface area contributed by atoms with Crippen LogP contribution in [0.4, 0.5) is 0 Å². The van der Waals surface area contributed by atoms with E-state index in [4.69, 9.17) is 0 Å². The van der Waals surface area contributed by atoms with Crippen LogP contribution in [0.2, 0.25) is 0 Å². The zero-order chi connectivity index (χ0) is 14.1. The van der Waals surface area contributed by atoms with Crippen molar-refractivity contribution in [3.63, 3.8) is 0 Å². The normalized spacial score (nSPS) is 10.9. The second-order valence-corrected chi connectivity index (χ2v) is 4.06. The standard InChI is InChI=1S/C13H18N4O2/c1-3-6-15-12(18)8-10(2)16-17-13(19)11-5-4-7-14-9-11/h4-5,7,9H,3,6,8H2,1-2H3,(H,15,18)(H,17,19)/b16-10-. The van der Waals surface area contributed by atoms with E-state index in [0.717, 1.165) is 6.42 Å². The molecule has 102 valence electrons. The topological polar surface area (TPSA) is 83.5 Å². The number of aromatic nitrogens is 1. The van der Waals surface area contributed by atoms with Crippen LogP contribution in [-0.4, -0.2) is 29.1 Å². The molecule has 0 saturated carbocycles. The number of hydrazone groups is 1. The molecule has 6 heteroatoms. The lowest BCUT2D eigenvalue weighted by Gasteiger charge is -2.04. The van der Waals surface area contributed by atoms with Crippen LogP contribution in [0.15, 0.2) is 29.6 Å². The van der Waals surface area contributed by atoms with Gasteiger partial charge in [-0.2, -0.15) is 5.10 Å². The molecule has 0 aromatic carbocycles. The van der Waals surface area contributed by atoms with Gasteiger partial charge in [0.05, 0.1) is 12.0 Å². The SMILES string of the molecule is CCCNC(=O)C/C(C)=N\NC(=O)c1cccnc1. The van der Waals surface area contributed by atoms with E-state index in [1.165, 1.54) is 6.20 Å². The lowest BCUT2D eigenvalue weighted by Crippen LogP contribution is -2.27. The Morgan fingerprint density at radius 1 is 1.42 bits per heavy atom. The van der Waals surface area contributed by atoms with E-state index in [9.17, 15) is 9.59 Å². The van der Waals surface area contributed by atoms with Crippen LogP contribution in [-0.2, 0) is 4.79 Å². The molecule has 19 heavy (non-hydrogen) atoms. The van der Waals surface area contributed by atoms with Crippen LogP contribution < -0.4 is 10.7 Å². The highest BCUT2D eigenvalue weighted by atomic mass is 16.2. The molecule has 0 aliphatic rings. The van der Waals surface area contributed by atoms with Gasteiger partial charge in [0.25, 0.3) is 5.91 Å². The quantitative estimate of drug-likeness (QED) is 0.595. The fraction of sp³-hybridized carbons (Fsp3) is 0.385. The molecule has 2 N–H and O–H groups in total. The molecule has 0 spiro atoms. The van der Waals surface area contributed by atoms with Crippen molar-refractivity contribution >= 4 is 17.5 Å². The average molecular weight is 262 g/mol. The van der Waals surface area contributed by atoms with Gasteiger partial charge >= 0.3 is 0 Å². The summed E-state index contributed by atoms with van der Waals surface area (Å²) >= 11 is 0. The molecule has 6 nitrogen and oxygen atoms in total. The fourth-order valence-corrected chi connectivity index (χ4v) is 1.31. The summed E-state index contributed by atoms with van der Waals surface area (Å²) in [6, 6.07) is 3.31. The fourth-order valence-electron chi connectivity index (χ4n) is 1.31. The smallest absolute Gasteiger partial charge is 0.272 e. The van der Waals surface area contributed by atoms with E-state index in [1.807, 2.05) is 6.92 Å². The van der Waals surface area contributed by atoms with Crippen LogP contribution in [0, 0.1) is 0 Å². The molecule has 0 unspecified atom stereocenters. The first-order valence-electron chi connectivity index (χ1n) is 6.13. The Morgan fingerprint density at radius 3 is 2.84 bits per heavy atom. The van der Waals surface area contributed by atoms with Crippen molar-refractivity contribution in [3.8, 4) is 0 Å². The van der Waals surface area contributed by atoms with Gasteiger partial charge in [0.2, 0.25) is 5.91 Å². The molecule has 0 fully saturated rings. The maximum Gasteiger partial charge on any atom is 0.272 e. The molecule has 0 radical (unpaired) electrons. The Labute approximate surface area is 112 Å². The van der Waals surface area contributed by atoms with Gasteiger partial charge in [-0.15, -0.1) is 0 Å². The number of nitrogens with zero attached hydrogens (tertiary/aromatic N) is 2. The number of hydrogen-bond donors (Lipinski definition) is 2. The zero-order valence-electron chi connectivity index (χ0n) is 11.1. The van der Waals surface area contributed by atoms with Crippen LogP contribution in [0.1, 0.15) is 37.0 Å². The summed E-state index contributed by atoms with van der Waals surface area (Å²) in [4.78, 5) is 26.9. The van der Waals surface area contributed by atoms with Crippen molar-refractivity contribution in [3.05, 3.63) is 30.1 Å². The molecule has 1 rings (SSSR count). The van der Waals surface area contributed by atoms with Crippen LogP contribution in [0.5, 0.6) is 0 Å². The van der Waals surface area contributed by atoms with Crippen LogP contribution in [0.3, 0.4) is 0 Å². The Balaban J connectivity index is 2.43. The van der Waals surface area contributed by atoms with Gasteiger partial charge in [0.15, 0.2) is 0 Å². The summed E-state index contributed by atoms with van der Waals surface area (Å²) in [7, 11) is 0. The third-order valence-corrected chi connectivity index (χ3v) is 2.26. The highest BCUT2D eigenvalue weighted by Gasteiger charge is 2.05. The summed E-state index contributed by atoms with van der Waals surface area (Å²) in [5.74, 6) is -0.444. The predicted molar refractivity (Wildman–Crippen MR) is 72.7 cm³/mol. The van der Waals surface area contributed by atoms with Gasteiger partial charge in [0.1, 0.15) is 0 Å². The minimum atomic E-state index is -0.346. The number of amides is 2. The zero-order valence-corrected chi connectivity index (χ0v) is 11.1. The summed E-state index contributed by atoms with van der Waals surface area (Å²) in [6.45, 7) is 4.32. The largest absolute Gasteiger partial charge is 0.356 e. The first-order chi connectivity index (χ1) is 9.13. The van der Waals surface area contributed by atoms with Crippen molar-refractivity contribution < 1.29 is 9.59 Å². The van der Waals surface area contributed by atoms with E-state index >= 15 is 0 Å². The Bertz CT molecular complexity index is 457. The van der Waals surface area contributed by atoms with Crippen molar-refractivity contribution in [2.75, 3.05) is 6.54 Å². The monoisotopic (exact) mass is 262 g/mol. The minimum Gasteiger partial charge on any atom is -0.356 e. The third-order valence-electron chi connectivity index (χ3n) is 2.26. The first kappa shape index (κ1) is 14.8. The summed E-state index contributed by atoms with van der Waals surface area (Å²) in [5, 5.41) is 6.62. The number of nitrogens with one attached hydrogen (secondary N) is 2. The number of carbonyl (C=O) groups excluding carboxylic acids is 2. The lowest BCUT2D eigenvalue weighted by molar-refractivity contribution is -0.119. The number of rotatable bonds is 6. The molecule has 0 bridgehead atoms. The van der Waals surface area contributed by atoms with E-state index < -0.39 is 0 Å². The highest BCUT2D eigenvalue weighted by Crippen LogP contribution is 1.95. The van der Waals surface area contributed by atoms with Gasteiger partial charge in [-0.1, -0.05) is 6.92 Å². The average Bonchev–Trinajstić information content (AvgIpc) is 2.43. The second kappa shape index (κ2) is 7.97. The molecule has 0 atom stereocenters. The molecule has 1 aromatic heterocycles. The summed E-state index contributed by atoms with van der Waals surface area (Å²) in [6.07, 6.45) is 4.10. The number of pyridine rings is 1. The molecule has 2 amide bonds. The summed E-state index contributed by atoms with van der Waals surface area (Å²) in [5.41, 5.74) is 3.36. The highest BCUT2D eigenvalue weighted by molar-refractivity contribution is 6.01. The van der Waals surface area contributed by atoms with Gasteiger partial charge in [-0.3, -0.25) is 14.6 Å². The van der Waals surface area contributed by atoms with E-state index in [-0.39, 0.29) is 18.2 Å². The van der Waals surface area contributed by atoms with E-state index in [2.05, 4.69) is 20.8 Å². The van der Waals surface area contributed by atoms with E-state index in [1.54, 1.807) is 25.3 Å². The molecule has 0 saturated heterocycles. The Kier molecular flexibility index (Phi) is 6.21. The molecular weight excluding hydrogens is 244 g/mol. The molecule has 0 aliphatic carbocycles. The number of carbonyl (C=O) groups is 2. The van der Waals surface area contributed by atoms with Gasteiger partial charge in [-0.05, 0) is 25.5 Å².